The lowest BCUT2D eigenvalue weighted by Gasteiger charge is -2.30. The van der Waals surface area contributed by atoms with Gasteiger partial charge in [-0.05, 0) is 10.8 Å². The SMILES string of the molecule is O=C([O-])c1ccccc1/C=N/N1CC[NH+](Cc2cccc3ccccc23)CC1. The first-order valence-corrected chi connectivity index (χ1v) is 9.60. The minimum absolute atomic E-state index is 0.173. The summed E-state index contributed by atoms with van der Waals surface area (Å²) in [4.78, 5) is 12.7. The van der Waals surface area contributed by atoms with Crippen LogP contribution in [0.25, 0.3) is 10.8 Å². The van der Waals surface area contributed by atoms with E-state index in [1.807, 2.05) is 5.01 Å². The van der Waals surface area contributed by atoms with Crippen LogP contribution in [0.15, 0.2) is 71.8 Å². The molecule has 5 heteroatoms. The van der Waals surface area contributed by atoms with Gasteiger partial charge in [-0.15, -0.1) is 0 Å². The Balaban J connectivity index is 1.38. The van der Waals surface area contributed by atoms with Crippen molar-refractivity contribution < 1.29 is 14.8 Å². The molecule has 5 nitrogen and oxygen atoms in total. The minimum atomic E-state index is -1.17. The number of quaternary nitrogens is 1. The Labute approximate surface area is 164 Å². The first-order valence-electron chi connectivity index (χ1n) is 9.60. The molecule has 0 saturated carbocycles. The number of piperazine rings is 1. The van der Waals surface area contributed by atoms with Gasteiger partial charge >= 0.3 is 0 Å². The van der Waals surface area contributed by atoms with E-state index in [9.17, 15) is 9.90 Å². The molecule has 1 aliphatic heterocycles. The van der Waals surface area contributed by atoms with Crippen LogP contribution in [0.4, 0.5) is 0 Å². The van der Waals surface area contributed by atoms with Crippen molar-refractivity contribution in [2.24, 2.45) is 5.10 Å². The molecule has 0 amide bonds. The number of hydrogen-bond donors (Lipinski definition) is 1. The van der Waals surface area contributed by atoms with Crippen LogP contribution >= 0.6 is 0 Å². The quantitative estimate of drug-likeness (QED) is 0.677. The highest BCUT2D eigenvalue weighted by molar-refractivity contribution is 5.97. The van der Waals surface area contributed by atoms with E-state index in [2.05, 4.69) is 47.6 Å². The molecule has 0 aromatic heterocycles. The summed E-state index contributed by atoms with van der Waals surface area (Å²) in [5.41, 5.74) is 2.13. The highest BCUT2D eigenvalue weighted by atomic mass is 16.4. The van der Waals surface area contributed by atoms with E-state index in [1.165, 1.54) is 21.2 Å². The van der Waals surface area contributed by atoms with Crippen molar-refractivity contribution in [3.8, 4) is 0 Å². The highest BCUT2D eigenvalue weighted by Gasteiger charge is 2.19. The number of nitrogens with one attached hydrogen (secondary N) is 1. The molecule has 0 atom stereocenters. The molecule has 1 fully saturated rings. The topological polar surface area (TPSA) is 60.2 Å². The third kappa shape index (κ3) is 4.05. The third-order valence-corrected chi connectivity index (χ3v) is 5.31. The van der Waals surface area contributed by atoms with E-state index in [-0.39, 0.29) is 5.56 Å². The molecular formula is C23H23N3O2. The van der Waals surface area contributed by atoms with Gasteiger partial charge in [0.15, 0.2) is 0 Å². The standard InChI is InChI=1S/C23H23N3O2/c27-23(28)22-11-4-2-7-19(22)16-24-26-14-12-25(13-15-26)17-20-9-5-8-18-6-1-3-10-21(18)20/h1-11,16H,12-15,17H2,(H,27,28)/b24-16+. The van der Waals surface area contributed by atoms with Gasteiger partial charge in [-0.25, -0.2) is 0 Å². The van der Waals surface area contributed by atoms with Gasteiger partial charge in [0.25, 0.3) is 0 Å². The monoisotopic (exact) mass is 373 g/mol. The second-order valence-electron chi connectivity index (χ2n) is 7.14. The number of nitrogens with zero attached hydrogens (tertiary/aromatic N) is 2. The molecule has 3 aromatic carbocycles. The summed E-state index contributed by atoms with van der Waals surface area (Å²) in [5, 5.41) is 20.3. The molecule has 0 radical (unpaired) electrons. The van der Waals surface area contributed by atoms with Crippen molar-refractivity contribution in [1.29, 1.82) is 0 Å². The van der Waals surface area contributed by atoms with Crippen LogP contribution in [0.1, 0.15) is 21.5 Å². The zero-order valence-electron chi connectivity index (χ0n) is 15.7. The van der Waals surface area contributed by atoms with Gasteiger partial charge in [0.1, 0.15) is 6.54 Å². The number of hydrazone groups is 1. The fraction of sp³-hybridized carbons (Fsp3) is 0.217. The number of rotatable bonds is 5. The van der Waals surface area contributed by atoms with Gasteiger partial charge in [-0.3, -0.25) is 5.01 Å². The average Bonchev–Trinajstić information content (AvgIpc) is 2.74. The number of carboxylic acid groups (broad SMARTS) is 1. The van der Waals surface area contributed by atoms with E-state index < -0.39 is 5.97 Å². The fourth-order valence-corrected chi connectivity index (χ4v) is 3.76. The molecule has 1 aliphatic rings. The number of hydrogen-bond acceptors (Lipinski definition) is 4. The first kappa shape index (κ1) is 18.2. The number of carboxylic acids is 1. The van der Waals surface area contributed by atoms with E-state index in [0.717, 1.165) is 32.7 Å². The molecule has 0 spiro atoms. The van der Waals surface area contributed by atoms with Gasteiger partial charge in [0, 0.05) is 16.7 Å². The Kier molecular flexibility index (Phi) is 5.35. The summed E-state index contributed by atoms with van der Waals surface area (Å²) in [6, 6.07) is 21.8. The number of carbonyl (C=O) groups excluding carboxylic acids is 1. The summed E-state index contributed by atoms with van der Waals surface area (Å²) in [7, 11) is 0. The molecule has 1 N–H and O–H groups in total. The number of carbonyl (C=O) groups is 1. The van der Waals surface area contributed by atoms with Crippen molar-refractivity contribution in [3.63, 3.8) is 0 Å². The summed E-state index contributed by atoms with van der Waals surface area (Å²) in [6.07, 6.45) is 1.63. The lowest BCUT2D eigenvalue weighted by Crippen LogP contribution is -3.13. The third-order valence-electron chi connectivity index (χ3n) is 5.31. The van der Waals surface area contributed by atoms with Crippen molar-refractivity contribution >= 4 is 23.0 Å². The van der Waals surface area contributed by atoms with Gasteiger partial charge in [0.2, 0.25) is 0 Å². The lowest BCUT2D eigenvalue weighted by molar-refractivity contribution is -0.918. The Bertz CT molecular complexity index is 1000. The van der Waals surface area contributed by atoms with E-state index in [0.29, 0.717) is 5.56 Å². The first-order chi connectivity index (χ1) is 13.7. The molecular weight excluding hydrogens is 350 g/mol. The maximum Gasteiger partial charge on any atom is 0.104 e. The van der Waals surface area contributed by atoms with Gasteiger partial charge in [-0.2, -0.15) is 5.10 Å². The smallest absolute Gasteiger partial charge is 0.104 e. The Morgan fingerprint density at radius 1 is 1.00 bits per heavy atom. The second-order valence-corrected chi connectivity index (χ2v) is 7.14. The molecule has 3 aromatic rings. The number of benzene rings is 3. The van der Waals surface area contributed by atoms with E-state index >= 15 is 0 Å². The number of fused-ring (bicyclic) bond motifs is 1. The molecule has 0 unspecified atom stereocenters. The van der Waals surface area contributed by atoms with Gasteiger partial charge < -0.3 is 14.8 Å². The number of aromatic carboxylic acids is 1. The fourth-order valence-electron chi connectivity index (χ4n) is 3.76. The van der Waals surface area contributed by atoms with Crippen LogP contribution in [0.3, 0.4) is 0 Å². The maximum atomic E-state index is 11.2. The normalized spacial score (nSPS) is 15.4. The predicted molar refractivity (Wildman–Crippen MR) is 108 cm³/mol. The summed E-state index contributed by atoms with van der Waals surface area (Å²) in [5.74, 6) is -1.17. The van der Waals surface area contributed by atoms with Crippen LogP contribution in [-0.4, -0.2) is 43.4 Å². The van der Waals surface area contributed by atoms with Crippen molar-refractivity contribution in [2.45, 2.75) is 6.54 Å². The Morgan fingerprint density at radius 2 is 1.71 bits per heavy atom. The average molecular weight is 373 g/mol. The minimum Gasteiger partial charge on any atom is -0.545 e. The molecule has 4 rings (SSSR count). The molecule has 1 saturated heterocycles. The molecule has 1 heterocycles. The summed E-state index contributed by atoms with van der Waals surface area (Å²) >= 11 is 0. The van der Waals surface area contributed by atoms with Crippen molar-refractivity contribution in [2.75, 3.05) is 26.2 Å². The van der Waals surface area contributed by atoms with Crippen LogP contribution < -0.4 is 10.0 Å². The van der Waals surface area contributed by atoms with Crippen LogP contribution in [0.5, 0.6) is 0 Å². The van der Waals surface area contributed by atoms with Crippen LogP contribution in [0, 0.1) is 0 Å². The molecule has 0 bridgehead atoms. The van der Waals surface area contributed by atoms with E-state index in [4.69, 9.17) is 0 Å². The van der Waals surface area contributed by atoms with Crippen molar-refractivity contribution in [3.05, 3.63) is 83.4 Å². The Morgan fingerprint density at radius 3 is 2.54 bits per heavy atom. The van der Waals surface area contributed by atoms with E-state index in [1.54, 1.807) is 30.5 Å². The maximum absolute atomic E-state index is 11.2. The zero-order valence-corrected chi connectivity index (χ0v) is 15.7. The Hall–Kier alpha value is -3.18. The second kappa shape index (κ2) is 8.23. The zero-order chi connectivity index (χ0) is 19.3. The van der Waals surface area contributed by atoms with Crippen LogP contribution in [0.2, 0.25) is 0 Å². The molecule has 0 aliphatic carbocycles. The van der Waals surface area contributed by atoms with Gasteiger partial charge in [0.05, 0.1) is 38.4 Å². The molecule has 28 heavy (non-hydrogen) atoms. The lowest BCUT2D eigenvalue weighted by atomic mass is 10.0. The summed E-state index contributed by atoms with van der Waals surface area (Å²) in [6.45, 7) is 4.71. The largest absolute Gasteiger partial charge is 0.545 e. The molecule has 142 valence electrons. The predicted octanol–water partition coefficient (Wildman–Crippen LogP) is 0.938. The summed E-state index contributed by atoms with van der Waals surface area (Å²) < 4.78 is 0. The van der Waals surface area contributed by atoms with Crippen molar-refractivity contribution in [1.82, 2.24) is 5.01 Å². The van der Waals surface area contributed by atoms with Gasteiger partial charge in [-0.1, -0.05) is 66.7 Å². The van der Waals surface area contributed by atoms with Crippen LogP contribution in [-0.2, 0) is 6.54 Å². The highest BCUT2D eigenvalue weighted by Crippen LogP contribution is 2.17.